The smallest absolute Gasteiger partial charge is 0.327 e. The fraction of sp³-hybridized carbons (Fsp3) is 0.323. The summed E-state index contributed by atoms with van der Waals surface area (Å²) in [4.78, 5) is 26.0. The minimum Gasteiger partial charge on any atom is -0.366 e. The third-order valence-corrected chi connectivity index (χ3v) is 10.1. The summed E-state index contributed by atoms with van der Waals surface area (Å²) in [6, 6.07) is 14.9. The first kappa shape index (κ1) is 29.6. The van der Waals surface area contributed by atoms with Crippen LogP contribution in [0.25, 0.3) is 5.70 Å². The zero-order valence-corrected chi connectivity index (χ0v) is 25.3. The minimum absolute atomic E-state index is 0.0839. The van der Waals surface area contributed by atoms with Crippen molar-refractivity contribution in [1.82, 2.24) is 30.0 Å². The van der Waals surface area contributed by atoms with Crippen molar-refractivity contribution in [1.29, 1.82) is 0 Å². The Kier molecular flexibility index (Phi) is 8.25. The van der Waals surface area contributed by atoms with E-state index >= 15 is 0 Å². The number of amides is 3. The number of hydrogen-bond donors (Lipinski definition) is 4. The van der Waals surface area contributed by atoms with Crippen molar-refractivity contribution in [2.45, 2.75) is 49.8 Å². The van der Waals surface area contributed by atoms with E-state index in [1.165, 1.54) is 4.90 Å². The molecule has 4 heterocycles. The Labute approximate surface area is 256 Å². The number of urea groups is 1. The summed E-state index contributed by atoms with van der Waals surface area (Å²) >= 11 is 0. The first-order valence-electron chi connectivity index (χ1n) is 14.7. The van der Waals surface area contributed by atoms with E-state index in [2.05, 4.69) is 21.0 Å². The molecule has 12 nitrogen and oxygen atoms in total. The molecular formula is C31H36N8O4S. The quantitative estimate of drug-likeness (QED) is 0.273. The number of nitrogens with zero attached hydrogens (tertiary/aromatic N) is 4. The van der Waals surface area contributed by atoms with Crippen LogP contribution in [0.5, 0.6) is 0 Å². The number of fused-ring (bicyclic) bond motifs is 1. The van der Waals surface area contributed by atoms with Gasteiger partial charge >= 0.3 is 6.03 Å². The predicted molar refractivity (Wildman–Crippen MR) is 167 cm³/mol. The van der Waals surface area contributed by atoms with Gasteiger partial charge in [-0.1, -0.05) is 12.1 Å². The number of sulfonamides is 1. The lowest BCUT2D eigenvalue weighted by Gasteiger charge is -2.34. The summed E-state index contributed by atoms with van der Waals surface area (Å²) in [5, 5.41) is 14.0. The van der Waals surface area contributed by atoms with Gasteiger partial charge in [0.25, 0.3) is 0 Å². The van der Waals surface area contributed by atoms with Crippen LogP contribution in [0.4, 0.5) is 10.5 Å². The highest BCUT2D eigenvalue weighted by molar-refractivity contribution is 7.89. The second-order valence-corrected chi connectivity index (χ2v) is 13.1. The maximum absolute atomic E-state index is 14.1. The topological polar surface area (TPSA) is 155 Å². The van der Waals surface area contributed by atoms with E-state index in [4.69, 9.17) is 5.73 Å². The van der Waals surface area contributed by atoms with E-state index in [9.17, 15) is 18.0 Å². The lowest BCUT2D eigenvalue weighted by atomic mass is 10.1. The largest absolute Gasteiger partial charge is 0.366 e. The number of hydrogen-bond acceptors (Lipinski definition) is 7. The van der Waals surface area contributed by atoms with Crippen molar-refractivity contribution < 1.29 is 18.0 Å². The van der Waals surface area contributed by atoms with Gasteiger partial charge in [0.15, 0.2) is 0 Å². The Balaban J connectivity index is 1.23. The Morgan fingerprint density at radius 2 is 1.86 bits per heavy atom. The molecular weight excluding hydrogens is 580 g/mol. The molecule has 3 aromatic rings. The van der Waals surface area contributed by atoms with Crippen LogP contribution in [0.15, 0.2) is 83.5 Å². The molecule has 2 aromatic carbocycles. The molecule has 44 heavy (non-hydrogen) atoms. The van der Waals surface area contributed by atoms with Crippen LogP contribution in [0, 0.1) is 6.92 Å². The molecule has 1 aromatic heterocycles. The monoisotopic (exact) mass is 616 g/mol. The van der Waals surface area contributed by atoms with Crippen molar-refractivity contribution in [2.75, 3.05) is 24.5 Å². The molecule has 0 bridgehead atoms. The summed E-state index contributed by atoms with van der Waals surface area (Å²) in [5.74, 6) is -0.543. The second-order valence-electron chi connectivity index (χ2n) is 11.2. The molecule has 1 atom stereocenters. The van der Waals surface area contributed by atoms with E-state index in [0.29, 0.717) is 42.0 Å². The van der Waals surface area contributed by atoms with E-state index in [1.54, 1.807) is 53.0 Å². The molecule has 1 unspecified atom stereocenters. The van der Waals surface area contributed by atoms with Crippen molar-refractivity contribution in [3.8, 4) is 0 Å². The van der Waals surface area contributed by atoms with Crippen molar-refractivity contribution in [2.24, 2.45) is 5.73 Å². The normalized spacial score (nSPS) is 18.8. The number of nitrogens with two attached hydrogens (primary N) is 1. The van der Waals surface area contributed by atoms with Gasteiger partial charge in [0.05, 0.1) is 16.3 Å². The lowest BCUT2D eigenvalue weighted by Crippen LogP contribution is -2.51. The number of primary amides is 1. The van der Waals surface area contributed by atoms with Gasteiger partial charge in [0.1, 0.15) is 6.17 Å². The van der Waals surface area contributed by atoms with E-state index in [-0.39, 0.29) is 17.0 Å². The van der Waals surface area contributed by atoms with Crippen LogP contribution in [0.1, 0.15) is 40.9 Å². The molecule has 5 N–H and O–H groups in total. The maximum atomic E-state index is 14.1. The maximum Gasteiger partial charge on any atom is 0.327 e. The first-order valence-corrected chi connectivity index (χ1v) is 16.2. The molecule has 1 fully saturated rings. The van der Waals surface area contributed by atoms with Gasteiger partial charge in [-0.2, -0.15) is 9.40 Å². The fourth-order valence-corrected chi connectivity index (χ4v) is 7.61. The highest BCUT2D eigenvalue weighted by Gasteiger charge is 2.34. The summed E-state index contributed by atoms with van der Waals surface area (Å²) in [6.45, 7) is 4.52. The standard InChI is InChI=1S/C31H36N8O4S/c1-21-12-17-37(36-21)15-3-16-39(26-10-13-33-14-11-26)44(42,43)27-5-2-4-23(18-27)28-19-24-20-38(31(41)35-30(24)34-28)25-8-6-22(7-9-25)29(32)40/h2,4-9,12,17-20,26,30,33-34H,3,10-11,13-16H2,1H3,(H2,32,40)(H,35,41). The minimum atomic E-state index is -3.80. The number of nitrogens with one attached hydrogen (secondary N) is 3. The molecule has 3 aliphatic rings. The molecule has 3 amide bonds. The van der Waals surface area contributed by atoms with Gasteiger partial charge in [-0.05, 0) is 93.4 Å². The number of anilines is 1. The van der Waals surface area contributed by atoms with Crippen molar-refractivity contribution >= 4 is 33.3 Å². The number of carbonyl (C=O) groups is 2. The zero-order valence-electron chi connectivity index (χ0n) is 24.4. The Hall–Kier alpha value is -4.46. The Morgan fingerprint density at radius 3 is 2.57 bits per heavy atom. The summed E-state index contributed by atoms with van der Waals surface area (Å²) in [5.41, 5.74) is 9.40. The number of carbonyl (C=O) groups excluding carboxylic acids is 2. The highest BCUT2D eigenvalue weighted by atomic mass is 32.2. The van der Waals surface area contributed by atoms with Gasteiger partial charge < -0.3 is 21.7 Å². The summed E-state index contributed by atoms with van der Waals surface area (Å²) < 4.78 is 31.8. The van der Waals surface area contributed by atoms with Crippen LogP contribution in [0.3, 0.4) is 0 Å². The highest BCUT2D eigenvalue weighted by Crippen LogP contribution is 2.30. The number of benzene rings is 2. The molecule has 0 radical (unpaired) electrons. The zero-order chi connectivity index (χ0) is 30.8. The Bertz CT molecular complexity index is 1720. The molecule has 0 saturated carbocycles. The third kappa shape index (κ3) is 6.11. The number of aromatic nitrogens is 2. The van der Waals surface area contributed by atoms with Crippen LogP contribution in [-0.2, 0) is 16.6 Å². The number of aryl methyl sites for hydroxylation is 2. The van der Waals surface area contributed by atoms with Crippen LogP contribution in [0.2, 0.25) is 0 Å². The average molecular weight is 617 g/mol. The molecule has 0 aliphatic carbocycles. The SMILES string of the molecule is Cc1ccn(CCCN(C2CCNCC2)S(=O)(=O)c2cccc(C3=CC4=CN(c5ccc(C(N)=O)cc5)C(=O)NC4N3)c2)n1. The number of rotatable bonds is 10. The van der Waals surface area contributed by atoms with Crippen LogP contribution >= 0.6 is 0 Å². The third-order valence-electron chi connectivity index (χ3n) is 8.15. The molecule has 3 aliphatic heterocycles. The second kappa shape index (κ2) is 12.3. The van der Waals surface area contributed by atoms with Gasteiger partial charge in [0.2, 0.25) is 15.9 Å². The molecule has 0 spiro atoms. The van der Waals surface area contributed by atoms with Gasteiger partial charge in [0, 0.05) is 48.4 Å². The van der Waals surface area contributed by atoms with Crippen LogP contribution in [-0.4, -0.2) is 66.3 Å². The van der Waals surface area contributed by atoms with E-state index in [0.717, 1.165) is 37.2 Å². The van der Waals surface area contributed by atoms with Gasteiger partial charge in [-0.15, -0.1) is 0 Å². The van der Waals surface area contributed by atoms with E-state index < -0.39 is 22.1 Å². The first-order chi connectivity index (χ1) is 21.2. The number of piperidine rings is 1. The lowest BCUT2D eigenvalue weighted by molar-refractivity contribution is 0.1000. The predicted octanol–water partition coefficient (Wildman–Crippen LogP) is 2.51. The van der Waals surface area contributed by atoms with Gasteiger partial charge in [-0.3, -0.25) is 14.4 Å². The summed E-state index contributed by atoms with van der Waals surface area (Å²) in [6.07, 6.45) is 7.23. The molecule has 13 heteroatoms. The van der Waals surface area contributed by atoms with Gasteiger partial charge in [-0.25, -0.2) is 13.2 Å². The average Bonchev–Trinajstić information content (AvgIpc) is 3.64. The van der Waals surface area contributed by atoms with Crippen molar-refractivity contribution in [3.05, 3.63) is 95.5 Å². The Morgan fingerprint density at radius 1 is 1.09 bits per heavy atom. The molecule has 1 saturated heterocycles. The fourth-order valence-electron chi connectivity index (χ4n) is 5.84. The molecule has 6 rings (SSSR count). The van der Waals surface area contributed by atoms with Crippen LogP contribution < -0.4 is 26.6 Å². The molecule has 230 valence electrons. The van der Waals surface area contributed by atoms with Crippen molar-refractivity contribution in [3.63, 3.8) is 0 Å². The van der Waals surface area contributed by atoms with E-state index in [1.807, 2.05) is 36.0 Å². The summed E-state index contributed by atoms with van der Waals surface area (Å²) in [7, 11) is -3.80.